The number of amidine groups is 1. The fourth-order valence-corrected chi connectivity index (χ4v) is 4.33. The smallest absolute Gasteiger partial charge is 0.341 e. The predicted molar refractivity (Wildman–Crippen MR) is 135 cm³/mol. The summed E-state index contributed by atoms with van der Waals surface area (Å²) in [5.74, 6) is 1.58. The van der Waals surface area contributed by atoms with Crippen LogP contribution < -0.4 is 10.6 Å². The molecule has 0 aromatic carbocycles. The molecule has 0 fully saturated rings. The third kappa shape index (κ3) is 8.05. The Morgan fingerprint density at radius 3 is 2.97 bits per heavy atom. The van der Waals surface area contributed by atoms with Gasteiger partial charge < -0.3 is 20.1 Å². The van der Waals surface area contributed by atoms with Crippen LogP contribution in [0.25, 0.3) is 0 Å². The molecule has 0 radical (unpaired) electrons. The van der Waals surface area contributed by atoms with E-state index in [1.165, 1.54) is 0 Å². The van der Waals surface area contributed by atoms with Gasteiger partial charge >= 0.3 is 5.97 Å². The molecular weight excluding hydrogens is 461 g/mol. The third-order valence-corrected chi connectivity index (χ3v) is 6.21. The van der Waals surface area contributed by atoms with Gasteiger partial charge in [0.05, 0.1) is 22.8 Å². The van der Waals surface area contributed by atoms with Crippen LogP contribution in [0.4, 0.5) is 0 Å². The van der Waals surface area contributed by atoms with Gasteiger partial charge in [0, 0.05) is 43.2 Å². The number of dihydropyridines is 1. The highest BCUT2D eigenvalue weighted by atomic mass is 35.5. The molecular formula is C25H33Cl2N3O3. The van der Waals surface area contributed by atoms with Crippen LogP contribution in [0.1, 0.15) is 33.1 Å². The molecule has 180 valence electrons. The second kappa shape index (κ2) is 13.0. The monoisotopic (exact) mass is 493 g/mol. The normalized spacial score (nSPS) is 22.6. The van der Waals surface area contributed by atoms with E-state index in [0.717, 1.165) is 43.7 Å². The number of carbonyl (C=O) groups is 1. The van der Waals surface area contributed by atoms with E-state index in [0.29, 0.717) is 42.1 Å². The molecule has 3 rings (SSSR count). The number of halogens is 2. The van der Waals surface area contributed by atoms with E-state index in [4.69, 9.17) is 32.7 Å². The van der Waals surface area contributed by atoms with Crippen LogP contribution >= 0.6 is 23.2 Å². The van der Waals surface area contributed by atoms with E-state index < -0.39 is 0 Å². The first kappa shape index (κ1) is 25.6. The summed E-state index contributed by atoms with van der Waals surface area (Å²) in [4.78, 5) is 16.7. The Balaban J connectivity index is 1.36. The second-order valence-electron chi connectivity index (χ2n) is 8.47. The Kier molecular flexibility index (Phi) is 10.1. The van der Waals surface area contributed by atoms with Crippen LogP contribution in [0.5, 0.6) is 0 Å². The average Bonchev–Trinajstić information content (AvgIpc) is 2.78. The summed E-state index contributed by atoms with van der Waals surface area (Å²) in [6.45, 7) is 7.02. The summed E-state index contributed by atoms with van der Waals surface area (Å²) >= 11 is 12.6. The maximum atomic E-state index is 12.3. The van der Waals surface area contributed by atoms with Crippen LogP contribution in [0.15, 0.2) is 63.4 Å². The summed E-state index contributed by atoms with van der Waals surface area (Å²) in [5.41, 5.74) is 1.47. The van der Waals surface area contributed by atoms with Gasteiger partial charge in [-0.3, -0.25) is 4.99 Å². The molecule has 0 spiro atoms. The maximum Gasteiger partial charge on any atom is 0.341 e. The van der Waals surface area contributed by atoms with Crippen molar-refractivity contribution in [2.24, 2.45) is 10.9 Å². The van der Waals surface area contributed by atoms with Crippen molar-refractivity contribution in [3.63, 3.8) is 0 Å². The number of esters is 1. The molecule has 1 aliphatic heterocycles. The van der Waals surface area contributed by atoms with Crippen molar-refractivity contribution in [3.05, 3.63) is 58.4 Å². The molecule has 2 unspecified atom stereocenters. The number of carbonyl (C=O) groups excluding carboxylic acids is 1. The van der Waals surface area contributed by atoms with Crippen LogP contribution in [-0.2, 0) is 14.3 Å². The molecule has 2 aliphatic carbocycles. The lowest BCUT2D eigenvalue weighted by Gasteiger charge is -2.23. The summed E-state index contributed by atoms with van der Waals surface area (Å²) in [6, 6.07) is 0. The molecule has 0 amide bonds. The number of nitrogens with one attached hydrogen (secondary N) is 2. The molecule has 3 aliphatic rings. The van der Waals surface area contributed by atoms with Crippen LogP contribution in [0.3, 0.4) is 0 Å². The Bertz CT molecular complexity index is 887. The van der Waals surface area contributed by atoms with Gasteiger partial charge in [0.1, 0.15) is 12.4 Å². The van der Waals surface area contributed by atoms with Gasteiger partial charge in [-0.25, -0.2) is 4.79 Å². The molecule has 2 N–H and O–H groups in total. The molecule has 0 aromatic heterocycles. The topological polar surface area (TPSA) is 72.0 Å². The number of rotatable bonds is 10. The highest BCUT2D eigenvalue weighted by Crippen LogP contribution is 2.28. The largest absolute Gasteiger partial charge is 0.493 e. The number of alkyl halides is 1. The van der Waals surface area contributed by atoms with Crippen molar-refractivity contribution in [1.29, 1.82) is 0 Å². The van der Waals surface area contributed by atoms with Gasteiger partial charge in [0.25, 0.3) is 0 Å². The summed E-state index contributed by atoms with van der Waals surface area (Å²) < 4.78 is 11.3. The lowest BCUT2D eigenvalue weighted by atomic mass is 9.99. The molecule has 0 saturated heterocycles. The molecule has 0 aromatic rings. The van der Waals surface area contributed by atoms with Gasteiger partial charge in [0.15, 0.2) is 0 Å². The van der Waals surface area contributed by atoms with Crippen LogP contribution in [-0.4, -0.2) is 56.1 Å². The zero-order valence-corrected chi connectivity index (χ0v) is 20.8. The Morgan fingerprint density at radius 2 is 2.18 bits per heavy atom. The van der Waals surface area contributed by atoms with E-state index in [9.17, 15) is 4.79 Å². The third-order valence-electron chi connectivity index (χ3n) is 5.40. The lowest BCUT2D eigenvalue weighted by molar-refractivity contribution is -0.142. The number of ether oxygens (including phenoxy) is 2. The van der Waals surface area contributed by atoms with E-state index in [-0.39, 0.29) is 17.5 Å². The van der Waals surface area contributed by atoms with Gasteiger partial charge in [0.2, 0.25) is 0 Å². The zero-order chi connectivity index (χ0) is 23.6. The summed E-state index contributed by atoms with van der Waals surface area (Å²) in [7, 11) is 0. The lowest BCUT2D eigenvalue weighted by Crippen LogP contribution is -2.37. The molecule has 6 nitrogen and oxygen atoms in total. The number of nitrogens with zero attached hydrogens (tertiary/aromatic N) is 1. The molecule has 33 heavy (non-hydrogen) atoms. The van der Waals surface area contributed by atoms with E-state index in [2.05, 4.69) is 21.7 Å². The number of aliphatic imine (C=N–C) groups is 1. The fraction of sp³-hybridized carbons (Fsp3) is 0.520. The van der Waals surface area contributed by atoms with Gasteiger partial charge in [-0.15, -0.1) is 11.6 Å². The van der Waals surface area contributed by atoms with Crippen molar-refractivity contribution in [3.8, 4) is 0 Å². The van der Waals surface area contributed by atoms with Crippen LogP contribution in [0, 0.1) is 5.92 Å². The number of allylic oxidation sites excluding steroid dienone is 6. The first-order chi connectivity index (χ1) is 15.9. The number of hydrogen-bond donors (Lipinski definition) is 2. The van der Waals surface area contributed by atoms with Gasteiger partial charge in [-0.1, -0.05) is 35.9 Å². The predicted octanol–water partition coefficient (Wildman–Crippen LogP) is 4.38. The van der Waals surface area contributed by atoms with E-state index in [1.54, 1.807) is 0 Å². The van der Waals surface area contributed by atoms with Crippen LogP contribution in [0.2, 0.25) is 0 Å². The summed E-state index contributed by atoms with van der Waals surface area (Å²) in [6.07, 6.45) is 14.2. The van der Waals surface area contributed by atoms with Crippen molar-refractivity contribution in [2.45, 2.75) is 44.6 Å². The Hall–Kier alpha value is -2.02. The Labute approximate surface area is 206 Å². The summed E-state index contributed by atoms with van der Waals surface area (Å²) in [5, 5.41) is 7.30. The quantitative estimate of drug-likeness (QED) is 0.268. The maximum absolute atomic E-state index is 12.3. The van der Waals surface area contributed by atoms with Gasteiger partial charge in [-0.05, 0) is 44.8 Å². The molecule has 2 atom stereocenters. The molecule has 0 bridgehead atoms. The molecule has 1 heterocycles. The van der Waals surface area contributed by atoms with Crippen molar-refractivity contribution in [2.75, 3.05) is 32.8 Å². The minimum atomic E-state index is -0.322. The van der Waals surface area contributed by atoms with Crippen molar-refractivity contribution in [1.82, 2.24) is 10.6 Å². The SMILES string of the molecule is CC(C)OC(=O)C1=CCCN=C1NCCNCC1C=CC=C(OCC2=C(Cl)C=CCC2Cl)C1. The first-order valence-corrected chi connectivity index (χ1v) is 12.3. The zero-order valence-electron chi connectivity index (χ0n) is 19.3. The minimum Gasteiger partial charge on any atom is -0.493 e. The Morgan fingerprint density at radius 1 is 1.33 bits per heavy atom. The molecule has 8 heteroatoms. The van der Waals surface area contributed by atoms with E-state index >= 15 is 0 Å². The highest BCUT2D eigenvalue weighted by molar-refractivity contribution is 6.33. The van der Waals surface area contributed by atoms with Gasteiger partial charge in [-0.2, -0.15) is 0 Å². The average molecular weight is 494 g/mol. The van der Waals surface area contributed by atoms with E-state index in [1.807, 2.05) is 44.2 Å². The minimum absolute atomic E-state index is 0.108. The second-order valence-corrected chi connectivity index (χ2v) is 9.41. The highest BCUT2D eigenvalue weighted by Gasteiger charge is 2.21. The number of hydrogen-bond acceptors (Lipinski definition) is 6. The first-order valence-electron chi connectivity index (χ1n) is 11.5. The van der Waals surface area contributed by atoms with Crippen molar-refractivity contribution >= 4 is 35.0 Å². The van der Waals surface area contributed by atoms with Crippen molar-refractivity contribution < 1.29 is 14.3 Å². The molecule has 0 saturated carbocycles. The standard InChI is InChI=1S/C25H33Cl2N3O3/c1-17(2)33-25(31)20-8-5-11-29-24(20)30-13-12-28-15-18-6-3-7-19(14-18)32-16-21-22(26)9-4-10-23(21)27/h3-4,6-9,17-18,23,28H,5,10-16H2,1-2H3,(H,29,30). The fourth-order valence-electron chi connectivity index (χ4n) is 3.71.